The van der Waals surface area contributed by atoms with E-state index in [2.05, 4.69) is 0 Å². The Morgan fingerprint density at radius 1 is 0.116 bits per heavy atom. The fourth-order valence-corrected chi connectivity index (χ4v) is 10.3. The molecule has 0 amide bonds. The topological polar surface area (TPSA) is 0 Å². The minimum absolute atomic E-state index is 0. The molecule has 0 fully saturated rings. The fraction of sp³-hybridized carbons (Fsp3) is 0. The van der Waals surface area contributed by atoms with Gasteiger partial charge in [0.2, 0.25) is 34.9 Å². The van der Waals surface area contributed by atoms with E-state index in [0.29, 0.717) is 0 Å². The van der Waals surface area contributed by atoms with Gasteiger partial charge >= 0.3 is 20.4 Å². The molecule has 69 heavy (non-hydrogen) atoms. The Morgan fingerprint density at radius 2 is 0.174 bits per heavy atom. The first-order valence-corrected chi connectivity index (χ1v) is 18.7. The quantitative estimate of drug-likeness (QED) is 0.0513. The van der Waals surface area contributed by atoms with Crippen molar-refractivity contribution in [1.82, 2.24) is 0 Å². The van der Waals surface area contributed by atoms with Gasteiger partial charge in [-0.15, -0.1) is 0 Å². The minimum atomic E-state index is -4.90. The van der Waals surface area contributed by atoms with Crippen LogP contribution in [-0.4, -0.2) is 0 Å². The van der Waals surface area contributed by atoms with Crippen molar-refractivity contribution in [3.05, 3.63) is 175 Å². The summed E-state index contributed by atoms with van der Waals surface area (Å²) in [4.78, 5) is 0. The summed E-state index contributed by atoms with van der Waals surface area (Å²) in [6.45, 7) is 0. The van der Waals surface area contributed by atoms with Crippen molar-refractivity contribution < 1.29 is 152 Å². The molecule has 0 atom stereocenters. The van der Waals surface area contributed by atoms with E-state index in [1.54, 1.807) is 0 Å². The van der Waals surface area contributed by atoms with Crippen LogP contribution in [0.2, 0.25) is 0 Å². The zero-order chi connectivity index (χ0) is 51.9. The Hall–Kier alpha value is -5.26. The van der Waals surface area contributed by atoms with E-state index in [1.807, 2.05) is 0 Å². The van der Waals surface area contributed by atoms with Crippen LogP contribution < -0.4 is 31.8 Å². The summed E-state index contributed by atoms with van der Waals surface area (Å²) in [6.07, 6.45) is 0. The van der Waals surface area contributed by atoms with E-state index >= 15 is 0 Å². The Kier molecular flexibility index (Phi) is 16.5. The largest absolute Gasteiger partial charge is 2.00 e. The number of hydrogen-bond acceptors (Lipinski definition) is 0. The molecule has 0 aliphatic rings. The smallest absolute Gasteiger partial charge is 0.203 e. The molecule has 0 radical (unpaired) electrons. The molecule has 33 heteroatoms. The van der Waals surface area contributed by atoms with Crippen LogP contribution in [-0.2, 0) is 20.4 Å². The van der Waals surface area contributed by atoms with E-state index in [0.717, 1.165) is 0 Å². The zero-order valence-corrected chi connectivity index (χ0v) is 33.9. The average Bonchev–Trinajstić information content (AvgIpc) is 3.31. The summed E-state index contributed by atoms with van der Waals surface area (Å²) in [5.41, 5.74) is 0. The number of halogens is 30. The predicted octanol–water partition coefficient (Wildman–Crippen LogP) is 11.1. The first-order valence-electron chi connectivity index (χ1n) is 16.0. The SMILES string of the molecule is Fc1c(F)c(F)c(P(c2c(F)c(F)c(F)c(F)c2F)c2c(F)c(F)c(F)c(F)c2F)c(F)c1F.Fc1c(F)c(F)c(P(c2c(F)c(F)c(F)c(F)c2F)c2c(F)c(F)c(F)c(F)c2F)c(F)c1F.[Pd+2]. The van der Waals surface area contributed by atoms with Crippen LogP contribution in [0.1, 0.15) is 0 Å². The maximum Gasteiger partial charge on any atom is 2.00 e. The molecule has 0 saturated heterocycles. The van der Waals surface area contributed by atoms with Crippen LogP contribution in [0, 0.1) is 175 Å². The van der Waals surface area contributed by atoms with Gasteiger partial charge in [0.25, 0.3) is 0 Å². The molecule has 0 aliphatic heterocycles. The second-order valence-corrected chi connectivity index (χ2v) is 16.2. The van der Waals surface area contributed by atoms with Gasteiger partial charge in [-0.25, -0.2) is 132 Å². The van der Waals surface area contributed by atoms with Crippen molar-refractivity contribution in [2.24, 2.45) is 0 Å². The molecule has 6 aromatic rings. The van der Waals surface area contributed by atoms with E-state index in [9.17, 15) is 132 Å². The van der Waals surface area contributed by atoms with Crippen LogP contribution in [0.5, 0.6) is 0 Å². The third kappa shape index (κ3) is 8.74. The number of benzene rings is 6. The maximum absolute atomic E-state index is 14.4. The van der Waals surface area contributed by atoms with Gasteiger partial charge in [0.15, 0.2) is 140 Å². The first kappa shape index (κ1) is 56.3. The van der Waals surface area contributed by atoms with Crippen LogP contribution in [0.15, 0.2) is 0 Å². The van der Waals surface area contributed by atoms with E-state index in [4.69, 9.17) is 0 Å². The van der Waals surface area contributed by atoms with Crippen molar-refractivity contribution in [3.8, 4) is 0 Å². The molecule has 0 N–H and O–H groups in total. The summed E-state index contributed by atoms with van der Waals surface area (Å²) in [5, 5.41) is -15.7. The molecule has 0 nitrogen and oxygen atoms in total. The van der Waals surface area contributed by atoms with Crippen molar-refractivity contribution in [2.75, 3.05) is 0 Å². The summed E-state index contributed by atoms with van der Waals surface area (Å²) in [6, 6.07) is 0. The van der Waals surface area contributed by atoms with Crippen molar-refractivity contribution in [1.29, 1.82) is 0 Å². The van der Waals surface area contributed by atoms with E-state index in [1.165, 1.54) is 0 Å². The first-order chi connectivity index (χ1) is 31.3. The summed E-state index contributed by atoms with van der Waals surface area (Å²) in [5.74, 6) is -89.8. The summed E-state index contributed by atoms with van der Waals surface area (Å²) >= 11 is 0. The summed E-state index contributed by atoms with van der Waals surface area (Å²) in [7, 11) is -9.79. The second-order valence-electron chi connectivity index (χ2n) is 12.2. The number of rotatable bonds is 6. The van der Waals surface area contributed by atoms with Crippen LogP contribution in [0.3, 0.4) is 0 Å². The molecule has 0 spiro atoms. The average molecular weight is 1170 g/mol. The molecular weight excluding hydrogens is 1170 g/mol. The minimum Gasteiger partial charge on any atom is -0.203 e. The molecule has 0 heterocycles. The van der Waals surface area contributed by atoms with Gasteiger partial charge in [0.1, 0.15) is 0 Å². The maximum atomic E-state index is 14.4. The van der Waals surface area contributed by atoms with Crippen LogP contribution in [0.25, 0.3) is 0 Å². The van der Waals surface area contributed by atoms with Gasteiger partial charge in [0, 0.05) is 15.8 Å². The third-order valence-corrected chi connectivity index (χ3v) is 13.5. The predicted molar refractivity (Wildman–Crippen MR) is 169 cm³/mol. The van der Waals surface area contributed by atoms with Crippen LogP contribution >= 0.6 is 15.8 Å². The summed E-state index contributed by atoms with van der Waals surface area (Å²) < 4.78 is 417. The van der Waals surface area contributed by atoms with Crippen molar-refractivity contribution in [3.63, 3.8) is 0 Å². The molecule has 0 bridgehead atoms. The Labute approximate surface area is 373 Å². The molecule has 0 unspecified atom stereocenters. The zero-order valence-electron chi connectivity index (χ0n) is 30.5. The molecular formula is C36F30P2Pd+2. The van der Waals surface area contributed by atoms with Crippen molar-refractivity contribution >= 4 is 47.7 Å². The second kappa shape index (κ2) is 20.2. The Bertz CT molecular complexity index is 2450. The molecule has 0 aliphatic carbocycles. The standard InChI is InChI=1S/2C18F15P.Pd/c2*19-1-4(22)10(28)16(11(29)5(1)23)34(17-12(30)6(24)2(20)7(25)13(17)31)18-14(32)8(26)3(21)9(27)15(18)33;/q;;+2. The van der Waals surface area contributed by atoms with E-state index < -0.39 is 222 Å². The normalized spacial score (nSPS) is 11.5. The van der Waals surface area contributed by atoms with Gasteiger partial charge in [-0.1, -0.05) is 0 Å². The molecule has 6 aromatic carbocycles. The van der Waals surface area contributed by atoms with Gasteiger partial charge in [0.05, 0.1) is 31.8 Å². The van der Waals surface area contributed by atoms with Crippen molar-refractivity contribution in [2.45, 2.75) is 0 Å². The molecule has 0 saturated carbocycles. The van der Waals surface area contributed by atoms with Crippen LogP contribution in [0.4, 0.5) is 132 Å². The molecule has 372 valence electrons. The Balaban J connectivity index is 0.000000296. The van der Waals surface area contributed by atoms with Gasteiger partial charge in [-0.2, -0.15) is 0 Å². The van der Waals surface area contributed by atoms with Gasteiger partial charge in [-0.3, -0.25) is 0 Å². The molecule has 6 rings (SSSR count). The molecule has 0 aromatic heterocycles. The monoisotopic (exact) mass is 1170 g/mol. The third-order valence-electron chi connectivity index (χ3n) is 8.46. The van der Waals surface area contributed by atoms with E-state index in [-0.39, 0.29) is 20.4 Å². The van der Waals surface area contributed by atoms with Gasteiger partial charge < -0.3 is 0 Å². The Morgan fingerprint density at radius 3 is 0.246 bits per heavy atom. The van der Waals surface area contributed by atoms with Gasteiger partial charge in [-0.05, 0) is 0 Å². The fourth-order valence-electron chi connectivity index (χ4n) is 5.41. The number of hydrogen-bond donors (Lipinski definition) is 0.